The van der Waals surface area contributed by atoms with Gasteiger partial charge in [-0.05, 0) is 75.6 Å². The molecule has 1 saturated heterocycles. The van der Waals surface area contributed by atoms with E-state index >= 15 is 0 Å². The number of carboxylic acids is 1. The molecular weight excluding hydrogens is 462 g/mol. The van der Waals surface area contributed by atoms with Gasteiger partial charge in [-0.3, -0.25) is 10.1 Å². The number of thioether (sulfide) groups is 1. The van der Waals surface area contributed by atoms with Crippen molar-refractivity contribution in [3.8, 4) is 0 Å². The summed E-state index contributed by atoms with van der Waals surface area (Å²) in [4.78, 5) is 24.1. The lowest BCUT2D eigenvalue weighted by Crippen LogP contribution is -2.50. The average molecular weight is 502 g/mol. The van der Waals surface area contributed by atoms with Crippen molar-refractivity contribution in [3.63, 3.8) is 0 Å². The molecule has 1 heterocycles. The molecule has 3 rings (SSSR count). The molecule has 8 nitrogen and oxygen atoms in total. The van der Waals surface area contributed by atoms with Crippen LogP contribution in [0.15, 0.2) is 46.9 Å². The lowest BCUT2D eigenvalue weighted by Gasteiger charge is -2.24. The summed E-state index contributed by atoms with van der Waals surface area (Å²) >= 11 is 1.63. The molecule has 1 aromatic carbocycles. The first-order valence-corrected chi connectivity index (χ1v) is 13.6. The number of amides is 1. The Morgan fingerprint density at radius 3 is 2.51 bits per heavy atom. The topological polar surface area (TPSA) is 129 Å². The smallest absolute Gasteiger partial charge is 0.326 e. The number of allylic oxidation sites excluding steroid dienone is 3. The summed E-state index contributed by atoms with van der Waals surface area (Å²) < 4.78 is 0. The molecule has 9 heteroatoms. The summed E-state index contributed by atoms with van der Waals surface area (Å²) in [7, 11) is 0. The predicted octanol–water partition coefficient (Wildman–Crippen LogP) is 3.28. The number of rotatable bonds is 13. The maximum atomic E-state index is 12.3. The number of aliphatic carboxylic acids is 1. The fourth-order valence-corrected chi connectivity index (χ4v) is 4.92. The highest BCUT2D eigenvalue weighted by Gasteiger charge is 2.27. The van der Waals surface area contributed by atoms with Crippen LogP contribution in [0.2, 0.25) is 0 Å². The average Bonchev–Trinajstić information content (AvgIpc) is 3.33. The highest BCUT2D eigenvalue weighted by Crippen LogP contribution is 2.31. The summed E-state index contributed by atoms with van der Waals surface area (Å²) in [5, 5.41) is 22.2. The second-order valence-electron chi connectivity index (χ2n) is 9.43. The molecule has 0 spiro atoms. The van der Waals surface area contributed by atoms with Gasteiger partial charge >= 0.3 is 5.97 Å². The number of carbonyl (C=O) groups is 2. The molecule has 0 bridgehead atoms. The van der Waals surface area contributed by atoms with Crippen molar-refractivity contribution in [2.75, 3.05) is 23.5 Å². The third kappa shape index (κ3) is 8.50. The third-order valence-corrected chi connectivity index (χ3v) is 7.37. The standard InChI is InChI=1S/C26H39N5O3S/c1-17(2)24(27)28-13-4-3-8-21(19-6-5-7-19)30-20-11-9-18(10-12-20)14-22(26(33)34)31-25(32)23-15-35-16-29-23/h9-12,22-23,28-30H,3-8,13-16,27H2,1-2H3,(H,31,32)(H,33,34). The number of hydrogen-bond acceptors (Lipinski definition) is 7. The van der Waals surface area contributed by atoms with Crippen LogP contribution in [0.5, 0.6) is 0 Å². The summed E-state index contributed by atoms with van der Waals surface area (Å²) in [5.41, 5.74) is 11.7. The van der Waals surface area contributed by atoms with Crippen LogP contribution in [-0.2, 0) is 16.0 Å². The fourth-order valence-electron chi connectivity index (χ4n) is 3.98. The molecule has 192 valence electrons. The largest absolute Gasteiger partial charge is 0.480 e. The lowest BCUT2D eigenvalue weighted by molar-refractivity contribution is -0.142. The second kappa shape index (κ2) is 13.4. The second-order valence-corrected chi connectivity index (χ2v) is 10.5. The molecule has 0 radical (unpaired) electrons. The maximum Gasteiger partial charge on any atom is 0.326 e. The summed E-state index contributed by atoms with van der Waals surface area (Å²) in [5.74, 6) is 0.861. The van der Waals surface area contributed by atoms with Crippen LogP contribution < -0.4 is 27.0 Å². The van der Waals surface area contributed by atoms with Gasteiger partial charge in [0.1, 0.15) is 6.04 Å². The Bertz CT molecular complexity index is 929. The SMILES string of the molecule is CC(C)=C(N)NCCCCC(Nc1ccc(CC(NC(=O)C2CSCN2)C(=O)O)cc1)=C1CCC1. The Hall–Kier alpha value is -2.65. The van der Waals surface area contributed by atoms with Crippen LogP contribution in [0.4, 0.5) is 5.69 Å². The first-order chi connectivity index (χ1) is 16.8. The minimum atomic E-state index is -1.02. The normalized spacial score (nSPS) is 17.8. The highest BCUT2D eigenvalue weighted by atomic mass is 32.2. The van der Waals surface area contributed by atoms with E-state index in [1.807, 2.05) is 38.1 Å². The molecule has 1 saturated carbocycles. The van der Waals surface area contributed by atoms with Crippen LogP contribution in [0, 0.1) is 0 Å². The van der Waals surface area contributed by atoms with Gasteiger partial charge < -0.3 is 26.8 Å². The van der Waals surface area contributed by atoms with E-state index in [1.54, 1.807) is 11.8 Å². The number of benzene rings is 1. The van der Waals surface area contributed by atoms with Crippen LogP contribution in [0.25, 0.3) is 0 Å². The molecule has 2 unspecified atom stereocenters. The molecule has 1 amide bonds. The molecule has 7 N–H and O–H groups in total. The van der Waals surface area contributed by atoms with Gasteiger partial charge in [-0.25, -0.2) is 4.79 Å². The van der Waals surface area contributed by atoms with Crippen LogP contribution in [0.1, 0.15) is 57.9 Å². The summed E-state index contributed by atoms with van der Waals surface area (Å²) in [6.07, 6.45) is 6.90. The quantitative estimate of drug-likeness (QED) is 0.227. The van der Waals surface area contributed by atoms with Crippen LogP contribution in [0.3, 0.4) is 0 Å². The fraction of sp³-hybridized carbons (Fsp3) is 0.538. The van der Waals surface area contributed by atoms with E-state index < -0.39 is 12.0 Å². The van der Waals surface area contributed by atoms with Gasteiger partial charge in [0, 0.05) is 36.0 Å². The molecule has 35 heavy (non-hydrogen) atoms. The Morgan fingerprint density at radius 2 is 1.94 bits per heavy atom. The van der Waals surface area contributed by atoms with E-state index in [0.717, 1.165) is 61.3 Å². The zero-order valence-corrected chi connectivity index (χ0v) is 21.6. The monoisotopic (exact) mass is 501 g/mol. The van der Waals surface area contributed by atoms with Gasteiger partial charge in [0.15, 0.2) is 0 Å². The predicted molar refractivity (Wildman–Crippen MR) is 143 cm³/mol. The minimum absolute atomic E-state index is 0.247. The van der Waals surface area contributed by atoms with Gasteiger partial charge in [0.2, 0.25) is 5.91 Å². The number of carboxylic acid groups (broad SMARTS) is 1. The van der Waals surface area contributed by atoms with Crippen LogP contribution in [-0.4, -0.2) is 47.2 Å². The van der Waals surface area contributed by atoms with E-state index in [9.17, 15) is 14.7 Å². The number of anilines is 1. The van der Waals surface area contributed by atoms with E-state index in [2.05, 4.69) is 21.3 Å². The number of unbranched alkanes of at least 4 members (excludes halogenated alkanes) is 1. The Balaban J connectivity index is 1.51. The lowest BCUT2D eigenvalue weighted by atomic mass is 9.89. The third-order valence-electron chi connectivity index (χ3n) is 6.43. The molecule has 1 aromatic rings. The van der Waals surface area contributed by atoms with E-state index in [4.69, 9.17) is 5.73 Å². The van der Waals surface area contributed by atoms with E-state index in [1.165, 1.54) is 17.7 Å². The van der Waals surface area contributed by atoms with Crippen molar-refractivity contribution in [3.05, 3.63) is 52.5 Å². The van der Waals surface area contributed by atoms with Crippen molar-refractivity contribution in [1.82, 2.24) is 16.0 Å². The first-order valence-electron chi connectivity index (χ1n) is 12.4. The zero-order chi connectivity index (χ0) is 25.2. The molecule has 1 aliphatic carbocycles. The Kier molecular flexibility index (Phi) is 10.3. The van der Waals surface area contributed by atoms with Crippen molar-refractivity contribution in [2.45, 2.75) is 70.9 Å². The highest BCUT2D eigenvalue weighted by molar-refractivity contribution is 7.99. The minimum Gasteiger partial charge on any atom is -0.480 e. The molecule has 2 fully saturated rings. The number of hydrogen-bond donors (Lipinski definition) is 6. The van der Waals surface area contributed by atoms with Gasteiger partial charge in [0.05, 0.1) is 11.9 Å². The molecule has 2 atom stereocenters. The van der Waals surface area contributed by atoms with Crippen molar-refractivity contribution >= 4 is 29.3 Å². The van der Waals surface area contributed by atoms with E-state index in [-0.39, 0.29) is 18.4 Å². The summed E-state index contributed by atoms with van der Waals surface area (Å²) in [6, 6.07) is 6.57. The molecular formula is C26H39N5O3S. The summed E-state index contributed by atoms with van der Waals surface area (Å²) in [6.45, 7) is 4.87. The first kappa shape index (κ1) is 26.9. The van der Waals surface area contributed by atoms with Crippen molar-refractivity contribution < 1.29 is 14.7 Å². The Morgan fingerprint density at radius 1 is 1.20 bits per heavy atom. The zero-order valence-electron chi connectivity index (χ0n) is 20.8. The maximum absolute atomic E-state index is 12.3. The molecule has 1 aliphatic heterocycles. The molecule has 2 aliphatic rings. The molecule has 0 aromatic heterocycles. The van der Waals surface area contributed by atoms with Crippen molar-refractivity contribution in [2.24, 2.45) is 5.73 Å². The van der Waals surface area contributed by atoms with Gasteiger partial charge in [0.25, 0.3) is 0 Å². The Labute approximate surface area is 212 Å². The number of nitrogens with one attached hydrogen (secondary N) is 4. The number of nitrogens with two attached hydrogens (primary N) is 1. The number of carbonyl (C=O) groups excluding carboxylic acids is 1. The van der Waals surface area contributed by atoms with Gasteiger partial charge in [-0.15, -0.1) is 11.8 Å². The van der Waals surface area contributed by atoms with Gasteiger partial charge in [-0.2, -0.15) is 0 Å². The van der Waals surface area contributed by atoms with Crippen molar-refractivity contribution in [1.29, 1.82) is 0 Å². The van der Waals surface area contributed by atoms with Gasteiger partial charge in [-0.1, -0.05) is 17.7 Å². The van der Waals surface area contributed by atoms with Crippen LogP contribution >= 0.6 is 11.8 Å². The van der Waals surface area contributed by atoms with E-state index in [0.29, 0.717) is 11.6 Å².